The Balaban J connectivity index is 2.34. The van der Waals surface area contributed by atoms with E-state index >= 15 is 0 Å². The summed E-state index contributed by atoms with van der Waals surface area (Å²) in [6.07, 6.45) is -1.35. The van der Waals surface area contributed by atoms with Crippen LogP contribution in [-0.4, -0.2) is 46.5 Å². The van der Waals surface area contributed by atoms with Gasteiger partial charge in [0.1, 0.15) is 12.3 Å². The molecule has 7 nitrogen and oxygen atoms in total. The summed E-state index contributed by atoms with van der Waals surface area (Å²) >= 11 is 0. The number of phosphoric ester groups is 1. The van der Waals surface area contributed by atoms with Gasteiger partial charge in [0, 0.05) is 6.42 Å². The van der Waals surface area contributed by atoms with Crippen molar-refractivity contribution in [1.82, 2.24) is 5.32 Å². The Kier molecular flexibility index (Phi) is 4.66. The molecule has 0 bridgehead atoms. The summed E-state index contributed by atoms with van der Waals surface area (Å²) in [5.41, 5.74) is 0. The maximum Gasteiger partial charge on any atom is 0.469 e. The lowest BCUT2D eigenvalue weighted by molar-refractivity contribution is -0.0296. The van der Waals surface area contributed by atoms with Crippen LogP contribution in [0.4, 0.5) is 0 Å². The molecular formula is C7H16NO6P. The number of rotatable bonds is 5. The molecule has 1 unspecified atom stereocenters. The van der Waals surface area contributed by atoms with Crippen LogP contribution >= 0.6 is 7.82 Å². The minimum Gasteiger partial charge on any atom is -0.390 e. The molecule has 8 heteroatoms. The SMILES string of the molecule is CCN[C@H]1CC(O)[C@@H](COP(=O)(O)O)O1. The summed E-state index contributed by atoms with van der Waals surface area (Å²) in [6, 6.07) is 0. The molecule has 0 aromatic heterocycles. The smallest absolute Gasteiger partial charge is 0.390 e. The van der Waals surface area contributed by atoms with Crippen LogP contribution < -0.4 is 5.32 Å². The highest BCUT2D eigenvalue weighted by atomic mass is 31.2. The Morgan fingerprint density at radius 2 is 2.27 bits per heavy atom. The van der Waals surface area contributed by atoms with Gasteiger partial charge in [-0.3, -0.25) is 9.84 Å². The van der Waals surface area contributed by atoms with E-state index in [0.717, 1.165) is 0 Å². The van der Waals surface area contributed by atoms with Crippen molar-refractivity contribution >= 4 is 7.82 Å². The molecule has 0 aromatic carbocycles. The number of nitrogens with one attached hydrogen (secondary N) is 1. The normalized spacial score (nSPS) is 32.1. The lowest BCUT2D eigenvalue weighted by Crippen LogP contribution is -2.29. The van der Waals surface area contributed by atoms with Gasteiger partial charge in [-0.25, -0.2) is 4.57 Å². The molecule has 90 valence electrons. The largest absolute Gasteiger partial charge is 0.469 e. The number of ether oxygens (including phenoxy) is 1. The summed E-state index contributed by atoms with van der Waals surface area (Å²) in [7, 11) is -4.49. The third kappa shape index (κ3) is 4.56. The molecule has 4 N–H and O–H groups in total. The summed E-state index contributed by atoms with van der Waals surface area (Å²) in [6.45, 7) is 2.28. The lowest BCUT2D eigenvalue weighted by Gasteiger charge is -2.15. The second kappa shape index (κ2) is 5.36. The number of hydrogen-bond acceptors (Lipinski definition) is 5. The van der Waals surface area contributed by atoms with Gasteiger partial charge in [0.15, 0.2) is 0 Å². The Bertz CT molecular complexity index is 244. The zero-order valence-corrected chi connectivity index (χ0v) is 9.26. The molecule has 1 saturated heterocycles. The lowest BCUT2D eigenvalue weighted by atomic mass is 10.2. The first-order valence-corrected chi connectivity index (χ1v) is 6.22. The van der Waals surface area contributed by atoms with Crippen molar-refractivity contribution in [2.45, 2.75) is 31.8 Å². The molecule has 0 saturated carbocycles. The van der Waals surface area contributed by atoms with Crippen molar-refractivity contribution in [2.24, 2.45) is 0 Å². The van der Waals surface area contributed by atoms with Crippen molar-refractivity contribution < 1.29 is 28.7 Å². The second-order valence-corrected chi connectivity index (χ2v) is 4.55. The maximum absolute atomic E-state index is 10.4. The van der Waals surface area contributed by atoms with Crippen LogP contribution in [0.15, 0.2) is 0 Å². The highest BCUT2D eigenvalue weighted by Crippen LogP contribution is 2.36. The first-order valence-electron chi connectivity index (χ1n) is 4.69. The van der Waals surface area contributed by atoms with Crippen LogP contribution in [0.1, 0.15) is 13.3 Å². The van der Waals surface area contributed by atoms with Crippen LogP contribution in [0.3, 0.4) is 0 Å². The summed E-state index contributed by atoms with van der Waals surface area (Å²) in [5, 5.41) is 12.5. The molecule has 1 rings (SSSR count). The van der Waals surface area contributed by atoms with Crippen LogP contribution in [0.2, 0.25) is 0 Å². The van der Waals surface area contributed by atoms with Crippen molar-refractivity contribution in [1.29, 1.82) is 0 Å². The van der Waals surface area contributed by atoms with Crippen molar-refractivity contribution in [3.8, 4) is 0 Å². The standard InChI is InChI=1S/C7H16NO6P/c1-2-8-7-3-5(9)6(14-7)4-13-15(10,11)12/h5-9H,2-4H2,1H3,(H2,10,11,12)/t5?,6-,7-/m1/s1. The molecule has 1 fully saturated rings. The topological polar surface area (TPSA) is 108 Å². The maximum atomic E-state index is 10.4. The van der Waals surface area contributed by atoms with Gasteiger partial charge in [-0.2, -0.15) is 0 Å². The van der Waals surface area contributed by atoms with E-state index in [1.807, 2.05) is 6.92 Å². The van der Waals surface area contributed by atoms with Crippen molar-refractivity contribution in [2.75, 3.05) is 13.2 Å². The highest BCUT2D eigenvalue weighted by molar-refractivity contribution is 7.46. The van der Waals surface area contributed by atoms with Crippen LogP contribution in [0.5, 0.6) is 0 Å². The minimum absolute atomic E-state index is 0.282. The first-order chi connectivity index (χ1) is 6.92. The molecule has 3 atom stereocenters. The molecule has 0 aromatic rings. The zero-order chi connectivity index (χ0) is 11.5. The highest BCUT2D eigenvalue weighted by Gasteiger charge is 2.34. The van der Waals surface area contributed by atoms with E-state index in [1.54, 1.807) is 0 Å². The van der Waals surface area contributed by atoms with Gasteiger partial charge < -0.3 is 19.6 Å². The predicted octanol–water partition coefficient (Wildman–Crippen LogP) is -0.819. The van der Waals surface area contributed by atoms with Crippen LogP contribution in [0.25, 0.3) is 0 Å². The van der Waals surface area contributed by atoms with Crippen LogP contribution in [0, 0.1) is 0 Å². The number of aliphatic hydroxyl groups excluding tert-OH is 1. The van der Waals surface area contributed by atoms with Crippen molar-refractivity contribution in [3.05, 3.63) is 0 Å². The fourth-order valence-corrected chi connectivity index (χ4v) is 1.75. The number of aliphatic hydroxyl groups is 1. The van der Waals surface area contributed by atoms with E-state index in [9.17, 15) is 9.67 Å². The Morgan fingerprint density at radius 1 is 1.60 bits per heavy atom. The van der Waals surface area contributed by atoms with E-state index in [-0.39, 0.29) is 12.8 Å². The third-order valence-corrected chi connectivity index (χ3v) is 2.55. The molecule has 0 aliphatic carbocycles. The molecule has 1 aliphatic heterocycles. The molecule has 0 radical (unpaired) electrons. The molecule has 0 spiro atoms. The zero-order valence-electron chi connectivity index (χ0n) is 8.37. The average Bonchev–Trinajstić information content (AvgIpc) is 2.42. The van der Waals surface area contributed by atoms with E-state index in [2.05, 4.69) is 9.84 Å². The molecular weight excluding hydrogens is 225 g/mol. The summed E-state index contributed by atoms with van der Waals surface area (Å²) in [4.78, 5) is 16.9. The third-order valence-electron chi connectivity index (χ3n) is 2.06. The minimum atomic E-state index is -4.49. The Labute approximate surface area is 87.6 Å². The van der Waals surface area contributed by atoms with Gasteiger partial charge in [0.2, 0.25) is 0 Å². The van der Waals surface area contributed by atoms with E-state index in [0.29, 0.717) is 13.0 Å². The van der Waals surface area contributed by atoms with Gasteiger partial charge in [-0.15, -0.1) is 0 Å². The van der Waals surface area contributed by atoms with Gasteiger partial charge in [-0.1, -0.05) is 6.92 Å². The average molecular weight is 241 g/mol. The molecule has 1 aliphatic rings. The van der Waals surface area contributed by atoms with E-state index < -0.39 is 20.0 Å². The van der Waals surface area contributed by atoms with Crippen molar-refractivity contribution in [3.63, 3.8) is 0 Å². The van der Waals surface area contributed by atoms with Gasteiger partial charge >= 0.3 is 7.82 Å². The monoisotopic (exact) mass is 241 g/mol. The first kappa shape index (κ1) is 13.1. The summed E-state index contributed by atoms with van der Waals surface area (Å²) in [5.74, 6) is 0. The number of phosphoric acid groups is 1. The Hall–Kier alpha value is -0.0100. The quantitative estimate of drug-likeness (QED) is 0.466. The van der Waals surface area contributed by atoms with E-state index in [4.69, 9.17) is 14.5 Å². The summed E-state index contributed by atoms with van der Waals surface area (Å²) < 4.78 is 20.0. The molecule has 15 heavy (non-hydrogen) atoms. The van der Waals surface area contributed by atoms with Gasteiger partial charge in [-0.05, 0) is 6.54 Å². The predicted molar refractivity (Wildman–Crippen MR) is 51.0 cm³/mol. The fourth-order valence-electron chi connectivity index (χ4n) is 1.41. The van der Waals surface area contributed by atoms with E-state index in [1.165, 1.54) is 0 Å². The second-order valence-electron chi connectivity index (χ2n) is 3.31. The van der Waals surface area contributed by atoms with Gasteiger partial charge in [0.25, 0.3) is 0 Å². The van der Waals surface area contributed by atoms with Crippen LogP contribution in [-0.2, 0) is 13.8 Å². The molecule has 0 amide bonds. The number of hydrogen-bond donors (Lipinski definition) is 4. The molecule has 1 heterocycles. The van der Waals surface area contributed by atoms with Gasteiger partial charge in [0.05, 0.1) is 12.7 Å². The fraction of sp³-hybridized carbons (Fsp3) is 1.00. The Morgan fingerprint density at radius 3 is 2.80 bits per heavy atom.